The maximum Gasteiger partial charge on any atom is 0.122 e. The molecule has 104 valence electrons. The van der Waals surface area contributed by atoms with E-state index in [2.05, 4.69) is 41.5 Å². The Morgan fingerprint density at radius 2 is 2.15 bits per heavy atom. The van der Waals surface area contributed by atoms with E-state index in [0.29, 0.717) is 5.92 Å². The lowest BCUT2D eigenvalue weighted by molar-refractivity contribution is 0.248. The zero-order valence-corrected chi connectivity index (χ0v) is 12.0. The maximum absolute atomic E-state index is 5.76. The van der Waals surface area contributed by atoms with Gasteiger partial charge in [-0.15, -0.1) is 0 Å². The molecule has 0 saturated carbocycles. The van der Waals surface area contributed by atoms with E-state index in [-0.39, 0.29) is 6.04 Å². The van der Waals surface area contributed by atoms with Gasteiger partial charge in [0.1, 0.15) is 5.75 Å². The van der Waals surface area contributed by atoms with Crippen LogP contribution in [0.1, 0.15) is 35.1 Å². The summed E-state index contributed by atoms with van der Waals surface area (Å²) in [6.07, 6.45) is 4.89. The molecule has 0 radical (unpaired) electrons. The first kappa shape index (κ1) is 13.1. The summed E-state index contributed by atoms with van der Waals surface area (Å²) in [5.41, 5.74) is 3.73. The van der Waals surface area contributed by atoms with Gasteiger partial charge in [0.05, 0.1) is 6.61 Å². The van der Waals surface area contributed by atoms with Crippen LogP contribution in [0.3, 0.4) is 0 Å². The van der Waals surface area contributed by atoms with Crippen LogP contribution >= 0.6 is 0 Å². The predicted molar refractivity (Wildman–Crippen MR) is 80.1 cm³/mol. The number of aromatic nitrogens is 1. The Hall–Kier alpha value is -1.87. The molecular weight excluding hydrogens is 248 g/mol. The Bertz CT molecular complexity index is 597. The number of hydrogen-bond acceptors (Lipinski definition) is 3. The molecular formula is C17H20N2O. The molecule has 3 nitrogen and oxygen atoms in total. The van der Waals surface area contributed by atoms with Gasteiger partial charge in [-0.1, -0.05) is 24.3 Å². The highest BCUT2D eigenvalue weighted by Crippen LogP contribution is 2.41. The second-order valence-electron chi connectivity index (χ2n) is 5.34. The zero-order valence-electron chi connectivity index (χ0n) is 12.0. The number of rotatable bonds is 3. The monoisotopic (exact) mass is 268 g/mol. The van der Waals surface area contributed by atoms with Gasteiger partial charge in [-0.2, -0.15) is 0 Å². The van der Waals surface area contributed by atoms with Gasteiger partial charge in [0.2, 0.25) is 0 Å². The highest BCUT2D eigenvalue weighted by atomic mass is 16.5. The molecule has 2 aromatic rings. The number of hydrogen-bond donors (Lipinski definition) is 1. The smallest absolute Gasteiger partial charge is 0.122 e. The van der Waals surface area contributed by atoms with Crippen molar-refractivity contribution < 1.29 is 4.74 Å². The average Bonchev–Trinajstić information content (AvgIpc) is 2.48. The minimum absolute atomic E-state index is 0.271. The molecule has 3 heteroatoms. The molecule has 1 aliphatic heterocycles. The number of fused-ring (bicyclic) bond motifs is 1. The van der Waals surface area contributed by atoms with Crippen molar-refractivity contribution in [2.45, 2.75) is 25.3 Å². The summed E-state index contributed by atoms with van der Waals surface area (Å²) in [4.78, 5) is 4.33. The lowest BCUT2D eigenvalue weighted by Crippen LogP contribution is -2.28. The molecule has 2 atom stereocenters. The Balaban J connectivity index is 1.99. The van der Waals surface area contributed by atoms with Gasteiger partial charge in [-0.3, -0.25) is 4.98 Å². The van der Waals surface area contributed by atoms with Crippen molar-refractivity contribution in [1.82, 2.24) is 10.3 Å². The quantitative estimate of drug-likeness (QED) is 0.928. The van der Waals surface area contributed by atoms with Gasteiger partial charge < -0.3 is 10.1 Å². The van der Waals surface area contributed by atoms with Crippen molar-refractivity contribution in [3.05, 3.63) is 59.4 Å². The van der Waals surface area contributed by atoms with Gasteiger partial charge in [0.25, 0.3) is 0 Å². The number of nitrogens with zero attached hydrogens (tertiary/aromatic N) is 1. The van der Waals surface area contributed by atoms with Crippen molar-refractivity contribution in [2.75, 3.05) is 13.7 Å². The molecule has 2 unspecified atom stereocenters. The molecule has 3 rings (SSSR count). The summed E-state index contributed by atoms with van der Waals surface area (Å²) < 4.78 is 5.76. The molecule has 20 heavy (non-hydrogen) atoms. The van der Waals surface area contributed by atoms with E-state index in [9.17, 15) is 0 Å². The van der Waals surface area contributed by atoms with E-state index in [0.717, 1.165) is 18.8 Å². The summed E-state index contributed by atoms with van der Waals surface area (Å²) in [6.45, 7) is 2.86. The van der Waals surface area contributed by atoms with Crippen LogP contribution in [0.2, 0.25) is 0 Å². The summed E-state index contributed by atoms with van der Waals surface area (Å²) in [7, 11) is 2.02. The Labute approximate surface area is 120 Å². The maximum atomic E-state index is 5.76. The molecule has 1 aliphatic rings. The zero-order chi connectivity index (χ0) is 13.9. The van der Waals surface area contributed by atoms with Crippen LogP contribution in [0, 0.1) is 6.92 Å². The van der Waals surface area contributed by atoms with Crippen molar-refractivity contribution in [3.8, 4) is 5.75 Å². The van der Waals surface area contributed by atoms with E-state index < -0.39 is 0 Å². The molecule has 1 aromatic carbocycles. The van der Waals surface area contributed by atoms with Crippen LogP contribution in [0.5, 0.6) is 5.75 Å². The Morgan fingerprint density at radius 3 is 2.95 bits per heavy atom. The average molecular weight is 268 g/mol. The van der Waals surface area contributed by atoms with Gasteiger partial charge in [-0.05, 0) is 43.1 Å². The van der Waals surface area contributed by atoms with Crippen molar-refractivity contribution in [3.63, 3.8) is 0 Å². The third-order valence-electron chi connectivity index (χ3n) is 3.97. The highest BCUT2D eigenvalue weighted by molar-refractivity contribution is 5.40. The number of nitrogens with one attached hydrogen (secondary N) is 1. The molecule has 0 amide bonds. The van der Waals surface area contributed by atoms with Crippen LogP contribution in [0.4, 0.5) is 0 Å². The van der Waals surface area contributed by atoms with Crippen molar-refractivity contribution in [2.24, 2.45) is 0 Å². The minimum atomic E-state index is 0.271. The van der Waals surface area contributed by atoms with E-state index in [1.54, 1.807) is 0 Å². The van der Waals surface area contributed by atoms with E-state index >= 15 is 0 Å². The number of aryl methyl sites for hydroxylation is 1. The molecule has 0 fully saturated rings. The Morgan fingerprint density at radius 1 is 1.30 bits per heavy atom. The standard InChI is InChI=1S/C17H20N2O/c1-12-9-13(11-19-10-12)17(18-2)15-7-8-20-16-6-4-3-5-14(15)16/h3-6,9-11,15,17-18H,7-8H2,1-2H3. The number of para-hydroxylation sites is 1. The largest absolute Gasteiger partial charge is 0.493 e. The lowest BCUT2D eigenvalue weighted by atomic mass is 9.83. The molecule has 2 heterocycles. The Kier molecular flexibility index (Phi) is 3.70. The summed E-state index contributed by atoms with van der Waals surface area (Å²) in [6, 6.07) is 10.8. The number of pyridine rings is 1. The topological polar surface area (TPSA) is 34.2 Å². The lowest BCUT2D eigenvalue weighted by Gasteiger charge is -2.32. The fraction of sp³-hybridized carbons (Fsp3) is 0.353. The summed E-state index contributed by atoms with van der Waals surface area (Å²) in [5.74, 6) is 1.44. The minimum Gasteiger partial charge on any atom is -0.493 e. The van der Waals surface area contributed by atoms with E-state index in [1.165, 1.54) is 16.7 Å². The summed E-state index contributed by atoms with van der Waals surface area (Å²) in [5, 5.41) is 3.46. The number of benzene rings is 1. The first-order valence-electron chi connectivity index (χ1n) is 7.10. The molecule has 0 spiro atoms. The fourth-order valence-corrected chi connectivity index (χ4v) is 3.06. The van der Waals surface area contributed by atoms with Crippen molar-refractivity contribution >= 4 is 0 Å². The molecule has 1 N–H and O–H groups in total. The molecule has 0 saturated heterocycles. The molecule has 1 aromatic heterocycles. The van der Waals surface area contributed by atoms with Crippen LogP contribution in [0.25, 0.3) is 0 Å². The summed E-state index contributed by atoms with van der Waals surface area (Å²) >= 11 is 0. The SMILES string of the molecule is CNC(c1cncc(C)c1)C1CCOc2ccccc21. The number of ether oxygens (including phenoxy) is 1. The fourth-order valence-electron chi connectivity index (χ4n) is 3.06. The molecule has 0 bridgehead atoms. The van der Waals surface area contributed by atoms with Gasteiger partial charge in [-0.25, -0.2) is 0 Å². The third kappa shape index (κ3) is 2.41. The third-order valence-corrected chi connectivity index (χ3v) is 3.97. The van der Waals surface area contributed by atoms with Crippen LogP contribution in [-0.2, 0) is 0 Å². The van der Waals surface area contributed by atoms with E-state index in [4.69, 9.17) is 4.74 Å². The van der Waals surface area contributed by atoms with Gasteiger partial charge in [0.15, 0.2) is 0 Å². The van der Waals surface area contributed by atoms with Crippen LogP contribution in [0.15, 0.2) is 42.7 Å². The van der Waals surface area contributed by atoms with Crippen LogP contribution < -0.4 is 10.1 Å². The number of likely N-dealkylation sites (N-methyl/N-ethyl adjacent to an activating group) is 1. The first-order valence-corrected chi connectivity index (χ1v) is 7.10. The molecule has 0 aliphatic carbocycles. The van der Waals surface area contributed by atoms with Crippen molar-refractivity contribution in [1.29, 1.82) is 0 Å². The highest BCUT2D eigenvalue weighted by Gasteiger charge is 2.29. The normalized spacial score (nSPS) is 19.0. The second kappa shape index (κ2) is 5.63. The van der Waals surface area contributed by atoms with E-state index in [1.807, 2.05) is 25.5 Å². The van der Waals surface area contributed by atoms with Gasteiger partial charge in [0, 0.05) is 24.4 Å². The first-order chi connectivity index (χ1) is 9.79. The second-order valence-corrected chi connectivity index (χ2v) is 5.34. The van der Waals surface area contributed by atoms with Gasteiger partial charge >= 0.3 is 0 Å². The predicted octanol–water partition coefficient (Wildman–Crippen LogP) is 3.22. The van der Waals surface area contributed by atoms with Crippen LogP contribution in [-0.4, -0.2) is 18.6 Å².